The van der Waals surface area contributed by atoms with E-state index in [0.717, 1.165) is 19.3 Å². The van der Waals surface area contributed by atoms with Gasteiger partial charge in [-0.15, -0.1) is 0 Å². The third kappa shape index (κ3) is 0.0622. The first kappa shape index (κ1) is 6.76. The molecule has 10 fully saturated rings. The molecule has 17 heavy (non-hydrogen) atoms. The molecule has 92 valence electrons. The SMILES string of the molecule is CCOC(=O)[C]12[CH]3[CH]4[CH]5[CH]1[Fe]45321678[CH]2[CH]1[CH]6[C]7(Br)[CH]28. The van der Waals surface area contributed by atoms with Crippen molar-refractivity contribution in [3.63, 3.8) is 0 Å². The van der Waals surface area contributed by atoms with Gasteiger partial charge >= 0.3 is 97.5 Å². The molecule has 8 unspecified atom stereocenters. The maximum absolute atomic E-state index is 12.7. The van der Waals surface area contributed by atoms with Crippen molar-refractivity contribution in [2.24, 2.45) is 0 Å². The molecule has 0 aromatic carbocycles. The number of carbonyl (C=O) groups excluding carboxylic acids is 1. The number of alkyl halides is 1. The van der Waals surface area contributed by atoms with Gasteiger partial charge < -0.3 is 0 Å². The summed E-state index contributed by atoms with van der Waals surface area (Å²) >= 11 is 4.28. The van der Waals surface area contributed by atoms with Gasteiger partial charge in [0.25, 0.3) is 0 Å². The summed E-state index contributed by atoms with van der Waals surface area (Å²) in [5.74, 6) is 0.310. The van der Waals surface area contributed by atoms with Crippen LogP contribution in [0.15, 0.2) is 0 Å². The Labute approximate surface area is 97.2 Å². The van der Waals surface area contributed by atoms with Gasteiger partial charge in [0.15, 0.2) is 0 Å². The molecule has 0 aromatic heterocycles. The minimum atomic E-state index is -3.38. The molecular weight excluding hydrogens is 324 g/mol. The fourth-order valence-corrected chi connectivity index (χ4v) is 104. The molecule has 2 nitrogen and oxygen atoms in total. The summed E-state index contributed by atoms with van der Waals surface area (Å²) in [5.41, 5.74) is 0. The normalized spacial score (nSPS) is 123. The van der Waals surface area contributed by atoms with E-state index in [4.69, 9.17) is 4.74 Å². The first-order valence-electron chi connectivity index (χ1n) is 6.98. The molecule has 10 aliphatic rings. The Bertz CT molecular complexity index is 1040. The van der Waals surface area contributed by atoms with Gasteiger partial charge in [0.1, 0.15) is 0 Å². The predicted molar refractivity (Wildman–Crippen MR) is 61.0 cm³/mol. The van der Waals surface area contributed by atoms with Crippen molar-refractivity contribution in [1.82, 2.24) is 0 Å². The third-order valence-electron chi connectivity index (χ3n) is 15.2. The number of rotatable bonds is 2. The predicted octanol–water partition coefficient (Wildman–Crippen LogP) is 3.61. The van der Waals surface area contributed by atoms with E-state index < -0.39 is 6.51 Å². The standard InChI is InChI=1S/C8H9O2.C5H4Br.Fe/c1-2-10-8(9)7-5-3-4-6-7;6-5-3-1-2-4-5;/h3-6H,2H2,1H3;1-4H;. The molecule has 0 aliphatic carbocycles. The van der Waals surface area contributed by atoms with Crippen molar-refractivity contribution in [3.8, 4) is 0 Å². The number of hydrogen-bond donors (Lipinski definition) is 0. The Hall–Kier alpha value is 0.469. The van der Waals surface area contributed by atoms with E-state index >= 15 is 0 Å². The molecule has 0 radical (unpaired) electrons. The molecule has 8 atom stereocenters. The number of hydrogen-bond acceptors (Lipinski definition) is 2. The summed E-state index contributed by atoms with van der Waals surface area (Å²) in [6.07, 6.45) is 0. The molecule has 10 rings (SSSR count). The van der Waals surface area contributed by atoms with Crippen LogP contribution in [-0.2, 0) is 16.0 Å². The molecule has 10 saturated heterocycles. The minimum absolute atomic E-state index is 0.258. The maximum atomic E-state index is 12.7. The van der Waals surface area contributed by atoms with E-state index in [9.17, 15) is 4.79 Å². The first-order chi connectivity index (χ1) is 7.91. The second kappa shape index (κ2) is 0.527. The number of esters is 1. The molecule has 0 saturated carbocycles. The average Bonchev–Trinajstić information content (AvgIpc) is 3.22. The summed E-state index contributed by atoms with van der Waals surface area (Å²) in [7, 11) is 0. The Balaban J connectivity index is 1.62. The van der Waals surface area contributed by atoms with Gasteiger partial charge in [0.2, 0.25) is 0 Å². The first-order valence-corrected chi connectivity index (χ1v) is 14.0. The van der Waals surface area contributed by atoms with Crippen LogP contribution in [0.2, 0.25) is 42.8 Å². The van der Waals surface area contributed by atoms with Crippen LogP contribution in [0.4, 0.5) is 0 Å². The van der Waals surface area contributed by atoms with E-state index in [2.05, 4.69) is 15.9 Å². The van der Waals surface area contributed by atoms with E-state index in [-0.39, 0.29) is 4.31 Å². The van der Waals surface area contributed by atoms with Gasteiger partial charge in [-0.3, -0.25) is 0 Å². The molecule has 10 heterocycles. The summed E-state index contributed by atoms with van der Waals surface area (Å²) < 4.78 is 6.49. The summed E-state index contributed by atoms with van der Waals surface area (Å²) in [5, 5.41) is 0. The zero-order chi connectivity index (χ0) is 10.9. The summed E-state index contributed by atoms with van der Waals surface area (Å²) in [6, 6.07) is 0. The van der Waals surface area contributed by atoms with Crippen LogP contribution in [0, 0.1) is 0 Å². The van der Waals surface area contributed by atoms with E-state index in [1.807, 2.05) is 6.92 Å². The average molecular weight is 337 g/mol. The van der Waals surface area contributed by atoms with Crippen LogP contribution in [0.5, 0.6) is 0 Å². The van der Waals surface area contributed by atoms with Crippen LogP contribution < -0.4 is 0 Å². The van der Waals surface area contributed by atoms with Gasteiger partial charge in [-0.25, -0.2) is 0 Å². The van der Waals surface area contributed by atoms with Gasteiger partial charge in [0.05, 0.1) is 0 Å². The fourth-order valence-electron chi connectivity index (χ4n) is 17.0. The number of ether oxygens (including phenoxy) is 1. The number of carbonyl (C=O) groups is 1. The fraction of sp³-hybridized carbons (Fsp3) is 0.923. The van der Waals surface area contributed by atoms with Crippen molar-refractivity contribution in [1.29, 1.82) is 0 Å². The molecule has 10 aliphatic heterocycles. The molecule has 1 spiro atoms. The van der Waals surface area contributed by atoms with Crippen molar-refractivity contribution in [2.45, 2.75) is 53.0 Å². The van der Waals surface area contributed by atoms with E-state index in [1.54, 1.807) is 0 Å². The van der Waals surface area contributed by atoms with Crippen LogP contribution in [0.3, 0.4) is 0 Å². The van der Waals surface area contributed by atoms with Crippen LogP contribution in [0.25, 0.3) is 0 Å². The molecule has 0 bridgehead atoms. The topological polar surface area (TPSA) is 26.3 Å². The molecule has 0 aromatic rings. The third-order valence-corrected chi connectivity index (χ3v) is 65.0. The van der Waals surface area contributed by atoms with Crippen molar-refractivity contribution in [3.05, 3.63) is 0 Å². The summed E-state index contributed by atoms with van der Waals surface area (Å²) in [4.78, 5) is 21.6. The summed E-state index contributed by atoms with van der Waals surface area (Å²) in [6.45, 7) is -0.802. The monoisotopic (exact) mass is 336 g/mol. The molecule has 0 N–H and O–H groups in total. The van der Waals surface area contributed by atoms with Gasteiger partial charge in [-0.1, -0.05) is 0 Å². The Morgan fingerprint density at radius 2 is 1.71 bits per heavy atom. The molecular formula is C13H13BrFeO2. The van der Waals surface area contributed by atoms with E-state index in [0.29, 0.717) is 15.8 Å². The van der Waals surface area contributed by atoms with Crippen molar-refractivity contribution in [2.75, 3.05) is 6.61 Å². The second-order valence-corrected chi connectivity index (χ2v) is 35.6. The van der Waals surface area contributed by atoms with Gasteiger partial charge in [-0.2, -0.15) is 0 Å². The van der Waals surface area contributed by atoms with Gasteiger partial charge in [0, 0.05) is 0 Å². The zero-order valence-corrected chi connectivity index (χ0v) is 12.1. The van der Waals surface area contributed by atoms with Crippen molar-refractivity contribution >= 4 is 21.9 Å². The number of halogens is 1. The quantitative estimate of drug-likeness (QED) is 0.437. The van der Waals surface area contributed by atoms with E-state index in [1.165, 1.54) is 19.3 Å². The van der Waals surface area contributed by atoms with Crippen LogP contribution >= 0.6 is 15.9 Å². The molecule has 0 amide bonds. The number of fused-ring (bicyclic) bond motifs is 10. The molecule has 4 heteroatoms. The Morgan fingerprint density at radius 3 is 1.94 bits per heavy atom. The van der Waals surface area contributed by atoms with Crippen LogP contribution in [0.1, 0.15) is 6.92 Å². The second-order valence-electron chi connectivity index (χ2n) is 10.4. The Morgan fingerprint density at radius 1 is 1.18 bits per heavy atom. The zero-order valence-electron chi connectivity index (χ0n) is 9.37. The van der Waals surface area contributed by atoms with Crippen molar-refractivity contribution < 1.29 is 16.0 Å². The van der Waals surface area contributed by atoms with Crippen LogP contribution in [-0.4, -0.2) is 15.8 Å². The van der Waals surface area contributed by atoms with Gasteiger partial charge in [-0.05, 0) is 0 Å². The Kier molecular flexibility index (Phi) is 0.210.